The molecule has 172 valence electrons. The van der Waals surface area contributed by atoms with E-state index in [4.69, 9.17) is 21.7 Å². The SMILES string of the molecule is CCCCOc1ccc(C(=O)NC(=S)Nc2ccc(OCCCc3ccccc3)cc2)cc1. The highest BCUT2D eigenvalue weighted by Crippen LogP contribution is 2.17. The molecule has 3 aromatic carbocycles. The second kappa shape index (κ2) is 13.2. The Balaban J connectivity index is 1.39. The molecule has 0 aliphatic heterocycles. The predicted octanol–water partition coefficient (Wildman–Crippen LogP) is 6.00. The lowest BCUT2D eigenvalue weighted by Gasteiger charge is -2.11. The number of carbonyl (C=O) groups is 1. The Hall–Kier alpha value is -3.38. The van der Waals surface area contributed by atoms with Crippen LogP contribution < -0.4 is 20.1 Å². The third-order valence-electron chi connectivity index (χ3n) is 4.94. The molecule has 33 heavy (non-hydrogen) atoms. The maximum Gasteiger partial charge on any atom is 0.257 e. The standard InChI is InChI=1S/C27H30N2O3S/c1-2-3-19-31-24-15-11-22(12-16-24)26(30)29-27(33)28-23-13-17-25(18-14-23)32-20-7-10-21-8-5-4-6-9-21/h4-6,8-9,11-18H,2-3,7,10,19-20H2,1H3,(H2,28,29,30,33). The molecule has 0 fully saturated rings. The van der Waals surface area contributed by atoms with Crippen molar-refractivity contribution < 1.29 is 14.3 Å². The Bertz CT molecular complexity index is 1010. The molecule has 0 aromatic heterocycles. The van der Waals surface area contributed by atoms with Crippen LogP contribution in [0.1, 0.15) is 42.1 Å². The van der Waals surface area contributed by atoms with E-state index in [2.05, 4.69) is 41.8 Å². The van der Waals surface area contributed by atoms with Gasteiger partial charge in [-0.2, -0.15) is 0 Å². The predicted molar refractivity (Wildman–Crippen MR) is 137 cm³/mol. The van der Waals surface area contributed by atoms with Crippen LogP contribution in [0.15, 0.2) is 78.9 Å². The molecule has 0 heterocycles. The van der Waals surface area contributed by atoms with Crippen LogP contribution in [0.25, 0.3) is 0 Å². The van der Waals surface area contributed by atoms with Gasteiger partial charge in [-0.05, 0) is 85.6 Å². The lowest BCUT2D eigenvalue weighted by Crippen LogP contribution is -2.34. The zero-order chi connectivity index (χ0) is 23.3. The van der Waals surface area contributed by atoms with Gasteiger partial charge in [0.25, 0.3) is 5.91 Å². The highest BCUT2D eigenvalue weighted by molar-refractivity contribution is 7.80. The number of benzene rings is 3. The van der Waals surface area contributed by atoms with Gasteiger partial charge in [0.1, 0.15) is 11.5 Å². The number of rotatable bonds is 11. The molecular formula is C27H30N2O3S. The first kappa shape index (κ1) is 24.3. The first-order valence-electron chi connectivity index (χ1n) is 11.3. The van der Waals surface area contributed by atoms with E-state index in [0.29, 0.717) is 18.8 Å². The molecule has 1 amide bonds. The second-order valence-corrected chi connectivity index (χ2v) is 8.00. The molecule has 0 aliphatic carbocycles. The Morgan fingerprint density at radius 3 is 2.06 bits per heavy atom. The molecule has 0 unspecified atom stereocenters. The Labute approximate surface area is 201 Å². The van der Waals surface area contributed by atoms with Crippen LogP contribution in [0.2, 0.25) is 0 Å². The third-order valence-corrected chi connectivity index (χ3v) is 5.15. The number of hydrogen-bond donors (Lipinski definition) is 2. The molecule has 5 nitrogen and oxygen atoms in total. The maximum atomic E-state index is 12.4. The van der Waals surface area contributed by atoms with Crippen LogP contribution in [-0.2, 0) is 6.42 Å². The van der Waals surface area contributed by atoms with E-state index in [-0.39, 0.29) is 11.0 Å². The quantitative estimate of drug-likeness (QED) is 0.270. The van der Waals surface area contributed by atoms with Gasteiger partial charge in [-0.1, -0.05) is 43.7 Å². The van der Waals surface area contributed by atoms with E-state index in [1.807, 2.05) is 30.3 Å². The van der Waals surface area contributed by atoms with Crippen LogP contribution in [0.4, 0.5) is 5.69 Å². The van der Waals surface area contributed by atoms with E-state index in [1.54, 1.807) is 24.3 Å². The number of ether oxygens (including phenoxy) is 2. The first-order chi connectivity index (χ1) is 16.1. The number of amides is 1. The lowest BCUT2D eigenvalue weighted by molar-refractivity contribution is 0.0977. The van der Waals surface area contributed by atoms with Crippen molar-refractivity contribution in [2.75, 3.05) is 18.5 Å². The molecule has 0 saturated carbocycles. The molecule has 6 heteroatoms. The molecule has 2 N–H and O–H groups in total. The fourth-order valence-electron chi connectivity index (χ4n) is 3.12. The molecular weight excluding hydrogens is 432 g/mol. The van der Waals surface area contributed by atoms with Gasteiger partial charge < -0.3 is 14.8 Å². The third kappa shape index (κ3) is 8.58. The van der Waals surface area contributed by atoms with Gasteiger partial charge in [-0.25, -0.2) is 0 Å². The lowest BCUT2D eigenvalue weighted by atomic mass is 10.1. The summed E-state index contributed by atoms with van der Waals surface area (Å²) in [6, 6.07) is 24.9. The van der Waals surface area contributed by atoms with Crippen LogP contribution in [-0.4, -0.2) is 24.2 Å². The van der Waals surface area contributed by atoms with Crippen molar-refractivity contribution in [3.8, 4) is 11.5 Å². The van der Waals surface area contributed by atoms with Crippen molar-refractivity contribution in [3.05, 3.63) is 90.0 Å². The molecule has 3 aromatic rings. The summed E-state index contributed by atoms with van der Waals surface area (Å²) in [5, 5.41) is 5.96. The highest BCUT2D eigenvalue weighted by Gasteiger charge is 2.08. The summed E-state index contributed by atoms with van der Waals surface area (Å²) in [5.74, 6) is 1.28. The molecule has 0 aliphatic rings. The van der Waals surface area contributed by atoms with Crippen LogP contribution in [0.5, 0.6) is 11.5 Å². The second-order valence-electron chi connectivity index (χ2n) is 7.60. The van der Waals surface area contributed by atoms with Crippen LogP contribution in [0, 0.1) is 0 Å². The van der Waals surface area contributed by atoms with E-state index < -0.39 is 0 Å². The van der Waals surface area contributed by atoms with E-state index in [1.165, 1.54) is 5.56 Å². The highest BCUT2D eigenvalue weighted by atomic mass is 32.1. The van der Waals surface area contributed by atoms with Crippen molar-refractivity contribution in [2.24, 2.45) is 0 Å². The summed E-state index contributed by atoms with van der Waals surface area (Å²) in [7, 11) is 0. The van der Waals surface area contributed by atoms with Gasteiger partial charge in [0.05, 0.1) is 13.2 Å². The number of anilines is 1. The van der Waals surface area contributed by atoms with Crippen molar-refractivity contribution >= 4 is 28.9 Å². The topological polar surface area (TPSA) is 59.6 Å². The fraction of sp³-hybridized carbons (Fsp3) is 0.259. The number of hydrogen-bond acceptors (Lipinski definition) is 4. The first-order valence-corrected chi connectivity index (χ1v) is 11.7. The summed E-state index contributed by atoms with van der Waals surface area (Å²) in [5.41, 5.74) is 2.60. The number of aryl methyl sites for hydroxylation is 1. The van der Waals surface area contributed by atoms with Crippen LogP contribution in [0.3, 0.4) is 0 Å². The average molecular weight is 463 g/mol. The zero-order valence-corrected chi connectivity index (χ0v) is 19.7. The van der Waals surface area contributed by atoms with Crippen LogP contribution >= 0.6 is 12.2 Å². The Morgan fingerprint density at radius 2 is 1.42 bits per heavy atom. The van der Waals surface area contributed by atoms with Gasteiger partial charge in [0, 0.05) is 11.3 Å². The normalized spacial score (nSPS) is 10.3. The number of unbranched alkanes of at least 4 members (excludes halogenated alkanes) is 1. The summed E-state index contributed by atoms with van der Waals surface area (Å²) in [6.45, 7) is 3.44. The molecule has 0 bridgehead atoms. The number of carbonyl (C=O) groups excluding carboxylic acids is 1. The minimum atomic E-state index is -0.272. The average Bonchev–Trinajstić information content (AvgIpc) is 2.84. The largest absolute Gasteiger partial charge is 0.494 e. The summed E-state index contributed by atoms with van der Waals surface area (Å²) < 4.78 is 11.4. The molecule has 0 saturated heterocycles. The summed E-state index contributed by atoms with van der Waals surface area (Å²) in [4.78, 5) is 12.4. The molecule has 0 atom stereocenters. The summed E-state index contributed by atoms with van der Waals surface area (Å²) in [6.07, 6.45) is 4.02. The van der Waals surface area contributed by atoms with Gasteiger partial charge in [-0.3, -0.25) is 10.1 Å². The number of nitrogens with one attached hydrogen (secondary N) is 2. The molecule has 3 rings (SSSR count). The number of thiocarbonyl (C=S) groups is 1. The van der Waals surface area contributed by atoms with E-state index >= 15 is 0 Å². The van der Waals surface area contributed by atoms with Gasteiger partial charge in [0.2, 0.25) is 0 Å². The zero-order valence-electron chi connectivity index (χ0n) is 18.9. The van der Waals surface area contributed by atoms with Gasteiger partial charge >= 0.3 is 0 Å². The minimum absolute atomic E-state index is 0.236. The molecule has 0 spiro atoms. The van der Waals surface area contributed by atoms with Crippen molar-refractivity contribution in [2.45, 2.75) is 32.6 Å². The van der Waals surface area contributed by atoms with Crippen molar-refractivity contribution in [1.29, 1.82) is 0 Å². The van der Waals surface area contributed by atoms with Crippen molar-refractivity contribution in [3.63, 3.8) is 0 Å². The molecule has 0 radical (unpaired) electrons. The minimum Gasteiger partial charge on any atom is -0.494 e. The Morgan fingerprint density at radius 1 is 0.818 bits per heavy atom. The Kier molecular flexibility index (Phi) is 9.73. The van der Waals surface area contributed by atoms with E-state index in [0.717, 1.165) is 42.9 Å². The van der Waals surface area contributed by atoms with Gasteiger partial charge in [-0.15, -0.1) is 0 Å². The summed E-state index contributed by atoms with van der Waals surface area (Å²) >= 11 is 5.27. The maximum absolute atomic E-state index is 12.4. The monoisotopic (exact) mass is 462 g/mol. The van der Waals surface area contributed by atoms with Gasteiger partial charge in [0.15, 0.2) is 5.11 Å². The van der Waals surface area contributed by atoms with Crippen molar-refractivity contribution in [1.82, 2.24) is 5.32 Å². The fourth-order valence-corrected chi connectivity index (χ4v) is 3.33. The smallest absolute Gasteiger partial charge is 0.257 e. The van der Waals surface area contributed by atoms with E-state index in [9.17, 15) is 4.79 Å².